The molecule has 2 N–H and O–H groups in total. The van der Waals surface area contributed by atoms with E-state index in [4.69, 9.17) is 0 Å². The number of aryl methyl sites for hydroxylation is 1. The molecule has 74 valence electrons. The molecule has 1 aliphatic heterocycles. The maximum absolute atomic E-state index is 3.66. The molecule has 0 spiro atoms. The SMILES string of the molecule is Cc1cccc2c1NC(C1CC1)CN2. The molecule has 0 amide bonds. The minimum atomic E-state index is 0.656. The summed E-state index contributed by atoms with van der Waals surface area (Å²) < 4.78 is 0. The number of hydrogen-bond donors (Lipinski definition) is 2. The maximum Gasteiger partial charge on any atom is 0.0608 e. The van der Waals surface area contributed by atoms with Crippen molar-refractivity contribution in [2.75, 3.05) is 17.2 Å². The smallest absolute Gasteiger partial charge is 0.0608 e. The summed E-state index contributed by atoms with van der Waals surface area (Å²) in [6.45, 7) is 3.25. The highest BCUT2D eigenvalue weighted by Gasteiger charge is 2.33. The second-order valence-corrected chi connectivity index (χ2v) is 4.47. The number of anilines is 2. The topological polar surface area (TPSA) is 24.1 Å². The van der Waals surface area contributed by atoms with E-state index in [2.05, 4.69) is 35.8 Å². The van der Waals surface area contributed by atoms with Crippen LogP contribution in [0.2, 0.25) is 0 Å². The van der Waals surface area contributed by atoms with E-state index in [0.29, 0.717) is 6.04 Å². The molecule has 1 unspecified atom stereocenters. The van der Waals surface area contributed by atoms with E-state index in [-0.39, 0.29) is 0 Å². The lowest BCUT2D eigenvalue weighted by molar-refractivity contribution is 0.652. The van der Waals surface area contributed by atoms with E-state index < -0.39 is 0 Å². The minimum absolute atomic E-state index is 0.656. The van der Waals surface area contributed by atoms with Crippen LogP contribution in [0.1, 0.15) is 18.4 Å². The molecular formula is C12H16N2. The zero-order valence-electron chi connectivity index (χ0n) is 8.51. The molecule has 1 aromatic rings. The Balaban J connectivity index is 1.91. The lowest BCUT2D eigenvalue weighted by Crippen LogP contribution is -2.34. The van der Waals surface area contributed by atoms with Crippen LogP contribution >= 0.6 is 0 Å². The lowest BCUT2D eigenvalue weighted by Gasteiger charge is -2.29. The van der Waals surface area contributed by atoms with Crippen LogP contribution in [-0.4, -0.2) is 12.6 Å². The molecular weight excluding hydrogens is 172 g/mol. The van der Waals surface area contributed by atoms with Gasteiger partial charge in [-0.2, -0.15) is 0 Å². The maximum atomic E-state index is 3.66. The molecule has 0 radical (unpaired) electrons. The van der Waals surface area contributed by atoms with Crippen molar-refractivity contribution in [3.63, 3.8) is 0 Å². The largest absolute Gasteiger partial charge is 0.381 e. The Morgan fingerprint density at radius 1 is 1.29 bits per heavy atom. The molecule has 0 aromatic heterocycles. The average Bonchev–Trinajstić information content (AvgIpc) is 3.01. The summed E-state index contributed by atoms with van der Waals surface area (Å²) in [7, 11) is 0. The molecule has 0 saturated heterocycles. The lowest BCUT2D eigenvalue weighted by atomic mass is 10.1. The number of rotatable bonds is 1. The Bertz CT molecular complexity index is 355. The van der Waals surface area contributed by atoms with Crippen LogP contribution in [0, 0.1) is 12.8 Å². The van der Waals surface area contributed by atoms with E-state index in [1.807, 2.05) is 0 Å². The standard InChI is InChI=1S/C12H16N2/c1-8-3-2-4-10-12(8)14-11(7-13-10)9-5-6-9/h2-4,9,11,13-14H,5-7H2,1H3. The first-order chi connectivity index (χ1) is 6.84. The van der Waals surface area contributed by atoms with E-state index in [1.54, 1.807) is 0 Å². The van der Waals surface area contributed by atoms with Gasteiger partial charge in [0, 0.05) is 12.6 Å². The molecule has 1 saturated carbocycles. The molecule has 3 rings (SSSR count). The number of fused-ring (bicyclic) bond motifs is 1. The summed E-state index contributed by atoms with van der Waals surface area (Å²) in [5.74, 6) is 0.912. The van der Waals surface area contributed by atoms with Gasteiger partial charge in [-0.15, -0.1) is 0 Å². The molecule has 1 atom stereocenters. The molecule has 14 heavy (non-hydrogen) atoms. The first-order valence-electron chi connectivity index (χ1n) is 5.44. The molecule has 2 aliphatic rings. The van der Waals surface area contributed by atoms with Crippen molar-refractivity contribution in [1.82, 2.24) is 0 Å². The number of para-hydroxylation sites is 1. The van der Waals surface area contributed by atoms with Crippen molar-refractivity contribution in [3.05, 3.63) is 23.8 Å². The van der Waals surface area contributed by atoms with Gasteiger partial charge in [0.15, 0.2) is 0 Å². The van der Waals surface area contributed by atoms with Crippen LogP contribution < -0.4 is 10.6 Å². The predicted molar refractivity (Wildman–Crippen MR) is 59.8 cm³/mol. The van der Waals surface area contributed by atoms with Crippen molar-refractivity contribution < 1.29 is 0 Å². The number of hydrogen-bond acceptors (Lipinski definition) is 2. The second kappa shape index (κ2) is 2.91. The van der Waals surface area contributed by atoms with Gasteiger partial charge in [0.05, 0.1) is 11.4 Å². The monoisotopic (exact) mass is 188 g/mol. The molecule has 1 heterocycles. The van der Waals surface area contributed by atoms with Crippen LogP contribution in [0.5, 0.6) is 0 Å². The fraction of sp³-hybridized carbons (Fsp3) is 0.500. The summed E-state index contributed by atoms with van der Waals surface area (Å²) in [6.07, 6.45) is 2.81. The highest BCUT2D eigenvalue weighted by Crippen LogP contribution is 2.38. The van der Waals surface area contributed by atoms with Crippen LogP contribution in [0.25, 0.3) is 0 Å². The highest BCUT2D eigenvalue weighted by atomic mass is 15.1. The predicted octanol–water partition coefficient (Wildman–Crippen LogP) is 2.61. The van der Waals surface area contributed by atoms with E-state index in [9.17, 15) is 0 Å². The number of nitrogens with one attached hydrogen (secondary N) is 2. The Labute approximate surface area is 84.7 Å². The molecule has 2 heteroatoms. The summed E-state index contributed by atoms with van der Waals surface area (Å²) in [5.41, 5.74) is 3.93. The van der Waals surface area contributed by atoms with Crippen molar-refractivity contribution in [3.8, 4) is 0 Å². The number of benzene rings is 1. The molecule has 0 bridgehead atoms. The zero-order chi connectivity index (χ0) is 9.54. The van der Waals surface area contributed by atoms with Gasteiger partial charge in [-0.05, 0) is 37.3 Å². The zero-order valence-corrected chi connectivity index (χ0v) is 8.51. The van der Waals surface area contributed by atoms with Crippen LogP contribution in [0.15, 0.2) is 18.2 Å². The van der Waals surface area contributed by atoms with Crippen molar-refractivity contribution in [2.45, 2.75) is 25.8 Å². The van der Waals surface area contributed by atoms with Crippen LogP contribution in [-0.2, 0) is 0 Å². The third kappa shape index (κ3) is 1.26. The van der Waals surface area contributed by atoms with Gasteiger partial charge in [0.1, 0.15) is 0 Å². The van der Waals surface area contributed by atoms with Crippen molar-refractivity contribution in [2.24, 2.45) is 5.92 Å². The van der Waals surface area contributed by atoms with E-state index >= 15 is 0 Å². The van der Waals surface area contributed by atoms with Gasteiger partial charge in [-0.25, -0.2) is 0 Å². The van der Waals surface area contributed by atoms with E-state index in [1.165, 1.54) is 29.8 Å². The third-order valence-corrected chi connectivity index (χ3v) is 3.31. The first-order valence-corrected chi connectivity index (χ1v) is 5.44. The van der Waals surface area contributed by atoms with Gasteiger partial charge in [-0.3, -0.25) is 0 Å². The molecule has 2 nitrogen and oxygen atoms in total. The Hall–Kier alpha value is -1.18. The highest BCUT2D eigenvalue weighted by molar-refractivity contribution is 5.74. The Morgan fingerprint density at radius 3 is 2.93 bits per heavy atom. The third-order valence-electron chi connectivity index (χ3n) is 3.31. The van der Waals surface area contributed by atoms with Gasteiger partial charge in [0.2, 0.25) is 0 Å². The van der Waals surface area contributed by atoms with Gasteiger partial charge >= 0.3 is 0 Å². The summed E-state index contributed by atoms with van der Waals surface area (Å²) >= 11 is 0. The Morgan fingerprint density at radius 2 is 2.14 bits per heavy atom. The molecule has 1 fully saturated rings. The van der Waals surface area contributed by atoms with Gasteiger partial charge in [-0.1, -0.05) is 12.1 Å². The van der Waals surface area contributed by atoms with Crippen LogP contribution in [0.3, 0.4) is 0 Å². The minimum Gasteiger partial charge on any atom is -0.381 e. The van der Waals surface area contributed by atoms with Gasteiger partial charge in [0.25, 0.3) is 0 Å². The van der Waals surface area contributed by atoms with E-state index in [0.717, 1.165) is 12.5 Å². The molecule has 1 aromatic carbocycles. The summed E-state index contributed by atoms with van der Waals surface area (Å²) in [5, 5.41) is 7.18. The Kier molecular flexibility index (Phi) is 1.69. The van der Waals surface area contributed by atoms with Crippen molar-refractivity contribution in [1.29, 1.82) is 0 Å². The average molecular weight is 188 g/mol. The van der Waals surface area contributed by atoms with Gasteiger partial charge < -0.3 is 10.6 Å². The summed E-state index contributed by atoms with van der Waals surface area (Å²) in [6, 6.07) is 7.09. The quantitative estimate of drug-likeness (QED) is 0.708. The van der Waals surface area contributed by atoms with Crippen molar-refractivity contribution >= 4 is 11.4 Å². The fourth-order valence-corrected chi connectivity index (χ4v) is 2.25. The fourth-order valence-electron chi connectivity index (χ4n) is 2.25. The molecule has 1 aliphatic carbocycles. The normalized spacial score (nSPS) is 24.8. The first kappa shape index (κ1) is 8.16. The van der Waals surface area contributed by atoms with Crippen LogP contribution in [0.4, 0.5) is 11.4 Å². The second-order valence-electron chi connectivity index (χ2n) is 4.47. The summed E-state index contributed by atoms with van der Waals surface area (Å²) in [4.78, 5) is 0.